The summed E-state index contributed by atoms with van der Waals surface area (Å²) in [5, 5.41) is 3.40. The molecule has 1 unspecified atom stereocenters. The first-order chi connectivity index (χ1) is 9.74. The van der Waals surface area contributed by atoms with Gasteiger partial charge in [-0.25, -0.2) is 9.97 Å². The van der Waals surface area contributed by atoms with Crippen molar-refractivity contribution in [1.29, 1.82) is 0 Å². The Kier molecular flexibility index (Phi) is 6.23. The van der Waals surface area contributed by atoms with Crippen LogP contribution in [-0.2, 0) is 17.6 Å². The molecule has 0 spiro atoms. The van der Waals surface area contributed by atoms with E-state index in [1.807, 2.05) is 0 Å². The standard InChI is InChI=1S/C15H24BrN3O/c1-3-5-12-14(16)15(17-7-4-2)19-13(18-12)9-11-6-8-20-10-11/h11H,3-10H2,1-2H3,(H,17,18,19). The molecule has 1 atom stereocenters. The van der Waals surface area contributed by atoms with E-state index < -0.39 is 0 Å². The molecular weight excluding hydrogens is 318 g/mol. The third kappa shape index (κ3) is 4.16. The Labute approximate surface area is 129 Å². The normalized spacial score (nSPS) is 18.4. The molecule has 0 aliphatic carbocycles. The van der Waals surface area contributed by atoms with E-state index in [0.717, 1.165) is 73.7 Å². The minimum atomic E-state index is 0.574. The number of hydrogen-bond donors (Lipinski definition) is 1. The molecular formula is C15H24BrN3O. The molecule has 2 rings (SSSR count). The first kappa shape index (κ1) is 15.7. The minimum Gasteiger partial charge on any atom is -0.381 e. The first-order valence-electron chi connectivity index (χ1n) is 7.61. The number of hydrogen-bond acceptors (Lipinski definition) is 4. The van der Waals surface area contributed by atoms with Gasteiger partial charge in [-0.2, -0.15) is 0 Å². The molecule has 4 nitrogen and oxygen atoms in total. The number of aromatic nitrogens is 2. The summed E-state index contributed by atoms with van der Waals surface area (Å²) in [6.45, 7) is 7.00. The van der Waals surface area contributed by atoms with Crippen LogP contribution in [0.4, 0.5) is 5.82 Å². The number of nitrogens with one attached hydrogen (secondary N) is 1. The lowest BCUT2D eigenvalue weighted by Crippen LogP contribution is -2.12. The maximum absolute atomic E-state index is 5.45. The van der Waals surface area contributed by atoms with E-state index in [1.165, 1.54) is 0 Å². The van der Waals surface area contributed by atoms with Crippen molar-refractivity contribution in [2.24, 2.45) is 5.92 Å². The summed E-state index contributed by atoms with van der Waals surface area (Å²) in [5.74, 6) is 2.47. The van der Waals surface area contributed by atoms with Gasteiger partial charge in [0.25, 0.3) is 0 Å². The molecule has 0 bridgehead atoms. The third-order valence-corrected chi connectivity index (χ3v) is 4.32. The van der Waals surface area contributed by atoms with Gasteiger partial charge in [-0.05, 0) is 41.1 Å². The van der Waals surface area contributed by atoms with Gasteiger partial charge >= 0.3 is 0 Å². The molecule has 112 valence electrons. The Morgan fingerprint density at radius 2 is 2.15 bits per heavy atom. The lowest BCUT2D eigenvalue weighted by molar-refractivity contribution is 0.185. The molecule has 0 aromatic carbocycles. The molecule has 0 amide bonds. The zero-order valence-electron chi connectivity index (χ0n) is 12.4. The van der Waals surface area contributed by atoms with Gasteiger partial charge in [0.05, 0.1) is 10.2 Å². The van der Waals surface area contributed by atoms with Crippen LogP contribution in [0.3, 0.4) is 0 Å². The molecule has 2 heterocycles. The Hall–Kier alpha value is -0.680. The first-order valence-corrected chi connectivity index (χ1v) is 8.40. The monoisotopic (exact) mass is 341 g/mol. The van der Waals surface area contributed by atoms with Gasteiger partial charge in [-0.3, -0.25) is 0 Å². The highest BCUT2D eigenvalue weighted by molar-refractivity contribution is 9.10. The smallest absolute Gasteiger partial charge is 0.144 e. The highest BCUT2D eigenvalue weighted by Gasteiger charge is 2.19. The fourth-order valence-electron chi connectivity index (χ4n) is 2.40. The van der Waals surface area contributed by atoms with Crippen molar-refractivity contribution in [2.45, 2.75) is 46.0 Å². The second-order valence-corrected chi connectivity index (χ2v) is 6.15. The van der Waals surface area contributed by atoms with Crippen LogP contribution in [0.5, 0.6) is 0 Å². The molecule has 1 N–H and O–H groups in total. The SMILES string of the molecule is CCCNc1nc(CC2CCOC2)nc(CCC)c1Br. The van der Waals surface area contributed by atoms with Crippen molar-refractivity contribution in [3.05, 3.63) is 16.0 Å². The predicted octanol–water partition coefficient (Wildman–Crippen LogP) is 3.59. The largest absolute Gasteiger partial charge is 0.381 e. The van der Waals surface area contributed by atoms with Crippen LogP contribution in [-0.4, -0.2) is 29.7 Å². The van der Waals surface area contributed by atoms with E-state index in [9.17, 15) is 0 Å². The predicted molar refractivity (Wildman–Crippen MR) is 85.1 cm³/mol. The van der Waals surface area contributed by atoms with Crippen molar-refractivity contribution in [3.63, 3.8) is 0 Å². The van der Waals surface area contributed by atoms with Crippen molar-refractivity contribution in [2.75, 3.05) is 25.1 Å². The van der Waals surface area contributed by atoms with Crippen LogP contribution in [0.25, 0.3) is 0 Å². The van der Waals surface area contributed by atoms with E-state index in [0.29, 0.717) is 5.92 Å². The van der Waals surface area contributed by atoms with E-state index >= 15 is 0 Å². The topological polar surface area (TPSA) is 47.0 Å². The summed E-state index contributed by atoms with van der Waals surface area (Å²) in [6.07, 6.45) is 5.21. The zero-order chi connectivity index (χ0) is 14.4. The molecule has 0 saturated carbocycles. The van der Waals surface area contributed by atoms with Crippen LogP contribution in [0.2, 0.25) is 0 Å². The summed E-state index contributed by atoms with van der Waals surface area (Å²) >= 11 is 3.65. The van der Waals surface area contributed by atoms with Gasteiger partial charge in [0.1, 0.15) is 11.6 Å². The van der Waals surface area contributed by atoms with Gasteiger partial charge < -0.3 is 10.1 Å². The molecule has 0 radical (unpaired) electrons. The quantitative estimate of drug-likeness (QED) is 0.823. The van der Waals surface area contributed by atoms with Crippen molar-refractivity contribution >= 4 is 21.7 Å². The number of rotatable bonds is 7. The summed E-state index contributed by atoms with van der Waals surface area (Å²) in [4.78, 5) is 9.43. The Morgan fingerprint density at radius 3 is 2.80 bits per heavy atom. The molecule has 1 aliphatic heterocycles. The molecule has 1 fully saturated rings. The van der Waals surface area contributed by atoms with Crippen LogP contribution in [0.1, 0.15) is 44.6 Å². The van der Waals surface area contributed by atoms with Gasteiger partial charge in [-0.15, -0.1) is 0 Å². The Balaban J connectivity index is 2.18. The number of nitrogens with zero attached hydrogens (tertiary/aromatic N) is 2. The highest BCUT2D eigenvalue weighted by Crippen LogP contribution is 2.26. The summed E-state index contributed by atoms with van der Waals surface area (Å²) < 4.78 is 6.47. The summed E-state index contributed by atoms with van der Waals surface area (Å²) in [6, 6.07) is 0. The molecule has 1 aromatic rings. The average Bonchev–Trinajstić information content (AvgIpc) is 2.94. The minimum absolute atomic E-state index is 0.574. The molecule has 1 aliphatic rings. The van der Waals surface area contributed by atoms with Crippen LogP contribution in [0.15, 0.2) is 4.47 Å². The lowest BCUT2D eigenvalue weighted by atomic mass is 10.0. The molecule has 5 heteroatoms. The fraction of sp³-hybridized carbons (Fsp3) is 0.733. The Bertz CT molecular complexity index is 433. The average molecular weight is 342 g/mol. The van der Waals surface area contributed by atoms with Gasteiger partial charge in [-0.1, -0.05) is 20.3 Å². The van der Waals surface area contributed by atoms with Gasteiger partial charge in [0.2, 0.25) is 0 Å². The van der Waals surface area contributed by atoms with Crippen LogP contribution < -0.4 is 5.32 Å². The molecule has 20 heavy (non-hydrogen) atoms. The van der Waals surface area contributed by atoms with Gasteiger partial charge in [0.15, 0.2) is 0 Å². The second-order valence-electron chi connectivity index (χ2n) is 5.36. The summed E-state index contributed by atoms with van der Waals surface area (Å²) in [7, 11) is 0. The maximum atomic E-state index is 5.45. The lowest BCUT2D eigenvalue weighted by Gasteiger charge is -2.14. The molecule has 1 aromatic heterocycles. The van der Waals surface area contributed by atoms with E-state index in [1.54, 1.807) is 0 Å². The zero-order valence-corrected chi connectivity index (χ0v) is 14.0. The highest BCUT2D eigenvalue weighted by atomic mass is 79.9. The third-order valence-electron chi connectivity index (χ3n) is 3.49. The summed E-state index contributed by atoms with van der Waals surface area (Å²) in [5.41, 5.74) is 1.12. The van der Waals surface area contributed by atoms with Gasteiger partial charge in [0, 0.05) is 26.2 Å². The van der Waals surface area contributed by atoms with Crippen molar-refractivity contribution in [1.82, 2.24) is 9.97 Å². The van der Waals surface area contributed by atoms with E-state index in [-0.39, 0.29) is 0 Å². The van der Waals surface area contributed by atoms with Crippen LogP contribution in [0, 0.1) is 5.92 Å². The number of halogens is 1. The number of anilines is 1. The maximum Gasteiger partial charge on any atom is 0.144 e. The van der Waals surface area contributed by atoms with Crippen LogP contribution >= 0.6 is 15.9 Å². The van der Waals surface area contributed by atoms with E-state index in [4.69, 9.17) is 14.7 Å². The number of aryl methyl sites for hydroxylation is 1. The number of ether oxygens (including phenoxy) is 1. The van der Waals surface area contributed by atoms with E-state index in [2.05, 4.69) is 35.1 Å². The molecule has 1 saturated heterocycles. The second kappa shape index (κ2) is 7.93. The fourth-order valence-corrected chi connectivity index (χ4v) is 2.92. The van der Waals surface area contributed by atoms with Crippen molar-refractivity contribution in [3.8, 4) is 0 Å². The van der Waals surface area contributed by atoms with Crippen molar-refractivity contribution < 1.29 is 4.74 Å². The Morgan fingerprint density at radius 1 is 1.30 bits per heavy atom.